The molecular weight excluding hydrogens is 1200 g/mol. The van der Waals surface area contributed by atoms with Gasteiger partial charge in [-0.05, 0) is 132 Å². The van der Waals surface area contributed by atoms with Gasteiger partial charge in [0.05, 0.1) is 85.2 Å². The molecule has 0 aliphatic heterocycles. The van der Waals surface area contributed by atoms with E-state index in [2.05, 4.69) is 198 Å². The van der Waals surface area contributed by atoms with E-state index in [0.717, 1.165) is 176 Å². The van der Waals surface area contributed by atoms with E-state index >= 15 is 0 Å². The normalized spacial score (nSPS) is 11.6. The zero-order chi connectivity index (χ0) is 65.3. The zero-order valence-corrected chi connectivity index (χ0v) is 52.1. The third-order valence-corrected chi connectivity index (χ3v) is 19.5. The van der Waals surface area contributed by atoms with Gasteiger partial charge >= 0.3 is 0 Å². The molecule has 0 saturated carbocycles. The fourth-order valence-corrected chi connectivity index (χ4v) is 15.5. The van der Waals surface area contributed by atoms with Crippen molar-refractivity contribution < 1.29 is 8.83 Å². The van der Waals surface area contributed by atoms with Gasteiger partial charge in [0, 0.05) is 81.8 Å². The average Bonchev–Trinajstić information content (AvgIpc) is 1.55. The van der Waals surface area contributed by atoms with Crippen LogP contribution in [0.15, 0.2) is 300 Å². The highest BCUT2D eigenvalue weighted by molar-refractivity contribution is 6.28. The standard InChI is InChI=1S/2C44H24N4O/c1-46-29-23-28(24-30(25-29)47-37-17-6-2-12-32(37)33-13-3-7-18-38(33)47)31-16-10-11-27(26-45)43(31)48-39-19-8-4-15-36(39)42-40(48)22-21-35-34-14-5-9-20-41(34)49-44(35)42;1-46-29-23-28(24-30(25-29)47-36-17-6-2-12-32(36)33-13-3-7-18-37(33)47)31-16-10-11-27(26-45)44(31)48-38-19-8-4-14-34(38)42-39(48)21-22-41-43(42)35-15-5-9-20-40(35)49-41/h2*2-25H. The van der Waals surface area contributed by atoms with Crippen molar-refractivity contribution in [2.24, 2.45) is 0 Å². The molecule has 0 unspecified atom stereocenters. The Kier molecular flexibility index (Phi) is 12.3. The predicted octanol–water partition coefficient (Wildman–Crippen LogP) is 23.7. The summed E-state index contributed by atoms with van der Waals surface area (Å²) in [5.74, 6) is 0. The number of hydrogen-bond donors (Lipinski definition) is 0. The van der Waals surface area contributed by atoms with E-state index in [1.54, 1.807) is 0 Å². The summed E-state index contributed by atoms with van der Waals surface area (Å²) in [6.07, 6.45) is 0. The molecule has 20 aromatic rings. The Bertz CT molecular complexity index is 6900. The summed E-state index contributed by atoms with van der Waals surface area (Å²) in [5, 5.41) is 34.3. The first kappa shape index (κ1) is 55.5. The van der Waals surface area contributed by atoms with E-state index in [1.165, 1.54) is 0 Å². The summed E-state index contributed by atoms with van der Waals surface area (Å²) in [6.45, 7) is 16.2. The second-order valence-electron chi connectivity index (χ2n) is 24.6. The van der Waals surface area contributed by atoms with Gasteiger partial charge < -0.3 is 27.1 Å². The minimum Gasteiger partial charge on any atom is -0.456 e. The monoisotopic (exact) mass is 1250 g/mol. The Balaban J connectivity index is 0.000000137. The Morgan fingerprint density at radius 2 is 0.673 bits per heavy atom. The minimum absolute atomic E-state index is 0.522. The summed E-state index contributed by atoms with van der Waals surface area (Å²) in [6, 6.07) is 104. The maximum absolute atomic E-state index is 10.6. The van der Waals surface area contributed by atoms with Gasteiger partial charge in [-0.1, -0.05) is 170 Å². The molecule has 0 N–H and O–H groups in total. The van der Waals surface area contributed by atoms with Crippen LogP contribution >= 0.6 is 0 Å². The lowest BCUT2D eigenvalue weighted by molar-refractivity contribution is 0.669. The Morgan fingerprint density at radius 1 is 0.286 bits per heavy atom. The number of aromatic nitrogens is 4. The van der Waals surface area contributed by atoms with E-state index < -0.39 is 0 Å². The highest BCUT2D eigenvalue weighted by Gasteiger charge is 2.26. The second kappa shape index (κ2) is 21.7. The van der Waals surface area contributed by atoms with Crippen LogP contribution < -0.4 is 0 Å². The number of nitrogens with zero attached hydrogens (tertiary/aromatic N) is 8. The number of benzene rings is 14. The van der Waals surface area contributed by atoms with E-state index in [0.29, 0.717) is 22.5 Å². The summed E-state index contributed by atoms with van der Waals surface area (Å²) in [4.78, 5) is 7.86. The molecule has 20 rings (SSSR count). The van der Waals surface area contributed by atoms with Gasteiger partial charge in [0.2, 0.25) is 0 Å². The lowest BCUT2D eigenvalue weighted by Gasteiger charge is -2.17. The van der Waals surface area contributed by atoms with Crippen LogP contribution in [0.1, 0.15) is 11.1 Å². The molecule has 14 aromatic carbocycles. The third-order valence-electron chi connectivity index (χ3n) is 19.5. The topological polar surface area (TPSA) is 102 Å². The Hall–Kier alpha value is -14.2. The maximum Gasteiger partial charge on any atom is 0.189 e. The molecule has 10 nitrogen and oxygen atoms in total. The fourth-order valence-electron chi connectivity index (χ4n) is 15.5. The van der Waals surface area contributed by atoms with Crippen molar-refractivity contribution in [3.63, 3.8) is 0 Å². The number of furan rings is 2. The molecule has 0 aliphatic carbocycles. The van der Waals surface area contributed by atoms with Gasteiger partial charge in [0.25, 0.3) is 0 Å². The van der Waals surface area contributed by atoms with Gasteiger partial charge in [0.1, 0.15) is 34.5 Å². The highest BCUT2D eigenvalue weighted by Crippen LogP contribution is 2.47. The smallest absolute Gasteiger partial charge is 0.189 e. The summed E-state index contributed by atoms with van der Waals surface area (Å²) >= 11 is 0. The molecule has 6 heterocycles. The molecule has 0 aliphatic rings. The van der Waals surface area contributed by atoms with Crippen molar-refractivity contribution >= 4 is 142 Å². The molecular formula is C88H48N8O2. The molecule has 98 heavy (non-hydrogen) atoms. The van der Waals surface area contributed by atoms with E-state index in [9.17, 15) is 10.5 Å². The number of hydrogen-bond acceptors (Lipinski definition) is 4. The first-order chi connectivity index (χ1) is 48.5. The van der Waals surface area contributed by atoms with Crippen LogP contribution in [0.25, 0.3) is 186 Å². The SMILES string of the molecule is [C-]#[N+]c1cc(-c2cccc(C#N)c2-n2c3ccccc3c3c4c(ccc32)oc2ccccc24)cc(-n2c3ccccc3c3ccccc32)c1.[C-]#[N+]c1cc(-c2cccc(C#N)c2-n2c3ccccc3c3c4oc5ccccc5c4ccc32)cc(-n2c3ccccc3c3ccccc32)c1. The Labute approximate surface area is 559 Å². The van der Waals surface area contributed by atoms with Gasteiger partial charge in [-0.25, -0.2) is 9.69 Å². The molecule has 0 fully saturated rings. The van der Waals surface area contributed by atoms with Crippen LogP contribution in [0.4, 0.5) is 11.4 Å². The summed E-state index contributed by atoms with van der Waals surface area (Å²) < 4.78 is 21.7. The van der Waals surface area contributed by atoms with Crippen LogP contribution in [0.2, 0.25) is 0 Å². The molecule has 0 atom stereocenters. The molecule has 0 radical (unpaired) electrons. The van der Waals surface area contributed by atoms with Crippen LogP contribution in [-0.2, 0) is 0 Å². The largest absolute Gasteiger partial charge is 0.456 e. The summed E-state index contributed by atoms with van der Waals surface area (Å²) in [7, 11) is 0. The first-order valence-electron chi connectivity index (χ1n) is 32.2. The van der Waals surface area contributed by atoms with Crippen molar-refractivity contribution in [2.45, 2.75) is 0 Å². The van der Waals surface area contributed by atoms with Crippen LogP contribution in [0.3, 0.4) is 0 Å². The lowest BCUT2D eigenvalue weighted by Crippen LogP contribution is -2.01. The predicted molar refractivity (Wildman–Crippen MR) is 398 cm³/mol. The molecule has 0 bridgehead atoms. The van der Waals surface area contributed by atoms with Gasteiger partial charge in [-0.2, -0.15) is 10.5 Å². The van der Waals surface area contributed by atoms with Crippen LogP contribution in [0, 0.1) is 35.8 Å². The molecule has 452 valence electrons. The van der Waals surface area contributed by atoms with Crippen molar-refractivity contribution in [1.29, 1.82) is 10.5 Å². The third kappa shape index (κ3) is 8.17. The van der Waals surface area contributed by atoms with Crippen LogP contribution in [0.5, 0.6) is 0 Å². The Morgan fingerprint density at radius 3 is 1.14 bits per heavy atom. The summed E-state index contributed by atoms with van der Waals surface area (Å²) in [5.41, 5.74) is 20.4. The molecule has 0 spiro atoms. The minimum atomic E-state index is 0.522. The highest BCUT2D eigenvalue weighted by atomic mass is 16.3. The molecule has 0 amide bonds. The molecule has 10 heteroatoms. The van der Waals surface area contributed by atoms with E-state index in [4.69, 9.17) is 22.0 Å². The van der Waals surface area contributed by atoms with E-state index in [1.807, 2.05) is 133 Å². The number of para-hydroxylation sites is 10. The number of fused-ring (bicyclic) bond motifs is 20. The van der Waals surface area contributed by atoms with Gasteiger partial charge in [0.15, 0.2) is 11.4 Å². The molecule has 6 aromatic heterocycles. The second-order valence-corrected chi connectivity index (χ2v) is 24.6. The van der Waals surface area contributed by atoms with E-state index in [-0.39, 0.29) is 0 Å². The van der Waals surface area contributed by atoms with Crippen molar-refractivity contribution in [1.82, 2.24) is 18.3 Å². The zero-order valence-electron chi connectivity index (χ0n) is 52.1. The van der Waals surface area contributed by atoms with Crippen molar-refractivity contribution in [3.05, 3.63) is 325 Å². The van der Waals surface area contributed by atoms with Crippen LogP contribution in [-0.4, -0.2) is 18.3 Å². The number of rotatable bonds is 6. The van der Waals surface area contributed by atoms with Crippen molar-refractivity contribution in [3.8, 4) is 57.1 Å². The van der Waals surface area contributed by atoms with Gasteiger partial charge in [-0.3, -0.25) is 0 Å². The molecule has 0 saturated heterocycles. The lowest BCUT2D eigenvalue weighted by atomic mass is 9.98. The quantitative estimate of drug-likeness (QED) is 0.155. The number of nitriles is 2. The van der Waals surface area contributed by atoms with Crippen molar-refractivity contribution in [2.75, 3.05) is 0 Å². The fraction of sp³-hybridized carbons (Fsp3) is 0. The maximum atomic E-state index is 10.6. The van der Waals surface area contributed by atoms with Gasteiger partial charge in [-0.15, -0.1) is 0 Å². The average molecular weight is 1250 g/mol. The first-order valence-corrected chi connectivity index (χ1v) is 32.2.